The molecule has 67 heavy (non-hydrogen) atoms. The number of carbonyl (C=O) groups is 3. The van der Waals surface area contributed by atoms with Crippen LogP contribution in [0, 0.1) is 11.8 Å². The van der Waals surface area contributed by atoms with Gasteiger partial charge in [-0.3, -0.25) is 14.5 Å². The molecule has 2 atom stereocenters. The number of esters is 2. The number of ether oxygens (including phenoxy) is 4. The highest BCUT2D eigenvalue weighted by molar-refractivity contribution is 5.72. The summed E-state index contributed by atoms with van der Waals surface area (Å²) in [7, 11) is 0. The second kappa shape index (κ2) is 50.5. The molecule has 9 nitrogen and oxygen atoms in total. The van der Waals surface area contributed by atoms with Gasteiger partial charge in [0.1, 0.15) is 12.7 Å². The summed E-state index contributed by atoms with van der Waals surface area (Å²) in [6.07, 6.45) is 39.6. The molecule has 9 heteroatoms. The maximum Gasteiger partial charge on any atom is 0.508 e. The van der Waals surface area contributed by atoms with Gasteiger partial charge in [0.15, 0.2) is 0 Å². The molecule has 2 unspecified atom stereocenters. The van der Waals surface area contributed by atoms with E-state index in [4.69, 9.17) is 18.9 Å². The van der Waals surface area contributed by atoms with Gasteiger partial charge in [-0.2, -0.15) is 0 Å². The lowest BCUT2D eigenvalue weighted by Gasteiger charge is -2.25. The van der Waals surface area contributed by atoms with Crippen molar-refractivity contribution in [2.45, 2.75) is 286 Å². The number of hydrogen-bond donors (Lipinski definition) is 0. The smallest absolute Gasteiger partial charge is 0.465 e. The van der Waals surface area contributed by atoms with Crippen molar-refractivity contribution in [2.75, 3.05) is 59.1 Å². The fourth-order valence-electron chi connectivity index (χ4n) is 9.27. The molecule has 0 aromatic rings. The molecule has 398 valence electrons. The zero-order chi connectivity index (χ0) is 49.3. The Labute approximate surface area is 416 Å². The van der Waals surface area contributed by atoms with E-state index in [2.05, 4.69) is 58.3 Å². The largest absolute Gasteiger partial charge is 0.508 e. The van der Waals surface area contributed by atoms with Gasteiger partial charge in [0, 0.05) is 19.6 Å². The first-order chi connectivity index (χ1) is 32.8. The Morgan fingerprint density at radius 2 is 0.642 bits per heavy atom. The Morgan fingerprint density at radius 3 is 1.01 bits per heavy atom. The molecule has 0 fully saturated rings. The number of unbranched alkanes of at least 4 members (excludes halogenated alkanes) is 24. The lowest BCUT2D eigenvalue weighted by Crippen LogP contribution is -2.37. The third-order valence-electron chi connectivity index (χ3n) is 14.1. The lowest BCUT2D eigenvalue weighted by atomic mass is 9.94. The second-order valence-corrected chi connectivity index (χ2v) is 20.0. The predicted molar refractivity (Wildman–Crippen MR) is 284 cm³/mol. The fraction of sp³-hybridized carbons (Fsp3) is 0.948. The van der Waals surface area contributed by atoms with Gasteiger partial charge in [-0.25, -0.2) is 4.79 Å². The third kappa shape index (κ3) is 41.6. The highest BCUT2D eigenvalue weighted by atomic mass is 16.7. The van der Waals surface area contributed by atoms with Crippen molar-refractivity contribution in [3.05, 3.63) is 0 Å². The van der Waals surface area contributed by atoms with Crippen LogP contribution in [0.3, 0.4) is 0 Å². The van der Waals surface area contributed by atoms with Crippen molar-refractivity contribution in [2.24, 2.45) is 11.8 Å². The molecule has 0 saturated carbocycles. The average molecular weight is 952 g/mol. The van der Waals surface area contributed by atoms with Crippen LogP contribution in [0.15, 0.2) is 0 Å². The zero-order valence-corrected chi connectivity index (χ0v) is 45.8. The van der Waals surface area contributed by atoms with E-state index < -0.39 is 6.16 Å². The van der Waals surface area contributed by atoms with E-state index in [1.165, 1.54) is 103 Å². The van der Waals surface area contributed by atoms with Crippen LogP contribution in [-0.2, 0) is 28.5 Å². The highest BCUT2D eigenvalue weighted by Gasteiger charge is 2.21. The van der Waals surface area contributed by atoms with Gasteiger partial charge in [0.25, 0.3) is 0 Å². The molecule has 0 aromatic carbocycles. The maximum absolute atomic E-state index is 13.1. The topological polar surface area (TPSA) is 94.6 Å². The second-order valence-electron chi connectivity index (χ2n) is 20.0. The summed E-state index contributed by atoms with van der Waals surface area (Å²) in [5.74, 6) is 0.166. The van der Waals surface area contributed by atoms with Crippen molar-refractivity contribution in [3.63, 3.8) is 0 Å². The molecule has 0 aromatic heterocycles. The Morgan fingerprint density at radius 1 is 0.328 bits per heavy atom. The maximum atomic E-state index is 13.1. The first-order valence-electron chi connectivity index (χ1n) is 29.4. The minimum atomic E-state index is -0.547. The Bertz CT molecular complexity index is 1010. The third-order valence-corrected chi connectivity index (χ3v) is 14.1. The quantitative estimate of drug-likeness (QED) is 0.0336. The van der Waals surface area contributed by atoms with E-state index in [1.807, 2.05) is 0 Å². The normalized spacial score (nSPS) is 13.0. The van der Waals surface area contributed by atoms with Crippen molar-refractivity contribution < 1.29 is 33.3 Å². The number of carbonyl (C=O) groups excluding carboxylic acids is 3. The molecular formula is C58H114N2O7. The van der Waals surface area contributed by atoms with E-state index in [0.29, 0.717) is 26.4 Å². The number of likely N-dealkylation sites (N-methyl/N-ethyl adjacent to an activating group) is 2. The molecule has 0 heterocycles. The van der Waals surface area contributed by atoms with Crippen LogP contribution in [0.2, 0.25) is 0 Å². The summed E-state index contributed by atoms with van der Waals surface area (Å²) < 4.78 is 23.3. The molecule has 0 amide bonds. The number of hydrogen-bond acceptors (Lipinski definition) is 9. The molecule has 0 aliphatic heterocycles. The van der Waals surface area contributed by atoms with Gasteiger partial charge in [-0.1, -0.05) is 215 Å². The Balaban J connectivity index is 4.89. The van der Waals surface area contributed by atoms with Crippen LogP contribution in [0.1, 0.15) is 280 Å². The minimum absolute atomic E-state index is 0.0260. The van der Waals surface area contributed by atoms with E-state index in [1.54, 1.807) is 0 Å². The Hall–Kier alpha value is -1.87. The van der Waals surface area contributed by atoms with Crippen molar-refractivity contribution in [1.82, 2.24) is 9.80 Å². The van der Waals surface area contributed by atoms with Gasteiger partial charge in [-0.15, -0.1) is 0 Å². The summed E-state index contributed by atoms with van der Waals surface area (Å²) in [6, 6.07) is 0. The summed E-state index contributed by atoms with van der Waals surface area (Å²) in [5, 5.41) is 0. The lowest BCUT2D eigenvalue weighted by molar-refractivity contribution is -0.150. The van der Waals surface area contributed by atoms with Crippen molar-refractivity contribution >= 4 is 18.1 Å². The molecule has 0 rings (SSSR count). The number of nitrogens with zero attached hydrogens (tertiary/aromatic N) is 2. The zero-order valence-electron chi connectivity index (χ0n) is 45.8. The van der Waals surface area contributed by atoms with Crippen LogP contribution < -0.4 is 0 Å². The summed E-state index contributed by atoms with van der Waals surface area (Å²) in [4.78, 5) is 43.9. The van der Waals surface area contributed by atoms with Crippen LogP contribution in [0.4, 0.5) is 4.79 Å². The summed E-state index contributed by atoms with van der Waals surface area (Å²) in [6.45, 7) is 22.6. The van der Waals surface area contributed by atoms with Gasteiger partial charge in [0.2, 0.25) is 0 Å². The van der Waals surface area contributed by atoms with Crippen molar-refractivity contribution in [3.8, 4) is 0 Å². The molecular weight excluding hydrogens is 837 g/mol. The van der Waals surface area contributed by atoms with Crippen LogP contribution in [0.5, 0.6) is 0 Å². The monoisotopic (exact) mass is 951 g/mol. The standard InChI is InChI=1S/C58H114N2O7/c1-8-15-19-23-27-35-43-53(41-33-21-17-10-3)56(61)64-50-39-31-25-29-37-45-55(67-58(63)66-52-49-60(14-7)48-47-59(12-5)13-6)46-38-30-26-32-40-51-65-57(62)54(42-34-22-18-11-4)44-36-28-24-20-16-9-2/h53-55H,8-52H2,1-7H3. The van der Waals surface area contributed by atoms with E-state index in [9.17, 15) is 14.4 Å². The van der Waals surface area contributed by atoms with Gasteiger partial charge in [0.05, 0.1) is 25.0 Å². The molecule has 0 aliphatic carbocycles. The predicted octanol–water partition coefficient (Wildman–Crippen LogP) is 16.6. The van der Waals surface area contributed by atoms with E-state index >= 15 is 0 Å². The van der Waals surface area contributed by atoms with Gasteiger partial charge < -0.3 is 23.8 Å². The SMILES string of the molecule is CCCCCCCCC(CCCCCC)C(=O)OCCCCCCCC(CCCCCCCOC(=O)C(CCCCCC)CCCCCCCC)OC(=O)OCCN(CC)CCN(CC)CC. The van der Waals surface area contributed by atoms with E-state index in [-0.39, 0.29) is 29.9 Å². The number of rotatable bonds is 52. The molecule has 0 spiro atoms. The van der Waals surface area contributed by atoms with Gasteiger partial charge in [-0.05, 0) is 83.8 Å². The van der Waals surface area contributed by atoms with E-state index in [0.717, 1.165) is 161 Å². The van der Waals surface area contributed by atoms with Crippen LogP contribution >= 0.6 is 0 Å². The molecule has 0 saturated heterocycles. The van der Waals surface area contributed by atoms with Crippen molar-refractivity contribution in [1.29, 1.82) is 0 Å². The first-order valence-corrected chi connectivity index (χ1v) is 29.4. The average Bonchev–Trinajstić information content (AvgIpc) is 3.33. The first kappa shape index (κ1) is 65.1. The molecule has 0 bridgehead atoms. The summed E-state index contributed by atoms with van der Waals surface area (Å²) >= 11 is 0. The summed E-state index contributed by atoms with van der Waals surface area (Å²) in [5.41, 5.74) is 0. The molecule has 0 aliphatic rings. The molecule has 0 N–H and O–H groups in total. The molecule has 0 radical (unpaired) electrons. The highest BCUT2D eigenvalue weighted by Crippen LogP contribution is 2.23. The fourth-order valence-corrected chi connectivity index (χ4v) is 9.27. The van der Waals surface area contributed by atoms with Gasteiger partial charge >= 0.3 is 18.1 Å². The minimum Gasteiger partial charge on any atom is -0.465 e. The Kier molecular flexibility index (Phi) is 49.1. The van der Waals surface area contributed by atoms with Crippen LogP contribution in [-0.4, -0.2) is 93.1 Å². The van der Waals surface area contributed by atoms with Crippen LogP contribution in [0.25, 0.3) is 0 Å².